The van der Waals surface area contributed by atoms with Gasteiger partial charge < -0.3 is 19.2 Å². The summed E-state index contributed by atoms with van der Waals surface area (Å²) in [6.07, 6.45) is 0.703. The quantitative estimate of drug-likeness (QED) is 0.550. The molecular weight excluding hydrogens is 366 g/mol. The number of hydrogen-bond acceptors (Lipinski definition) is 4. The second kappa shape index (κ2) is 9.32. The Balaban J connectivity index is 1.58. The number of methoxy groups -OCH3 is 1. The van der Waals surface area contributed by atoms with Crippen LogP contribution in [0.25, 0.3) is 0 Å². The van der Waals surface area contributed by atoms with Crippen molar-refractivity contribution in [2.75, 3.05) is 13.7 Å². The van der Waals surface area contributed by atoms with E-state index in [0.29, 0.717) is 24.8 Å². The van der Waals surface area contributed by atoms with Gasteiger partial charge in [0.1, 0.15) is 11.5 Å². The molecule has 3 rings (SSSR count). The molecule has 5 nitrogen and oxygen atoms in total. The maximum absolute atomic E-state index is 12.3. The molecule has 2 aromatic carbocycles. The Labute approximate surface area is 171 Å². The summed E-state index contributed by atoms with van der Waals surface area (Å²) in [4.78, 5) is 12.3. The third-order valence-corrected chi connectivity index (χ3v) is 4.73. The smallest absolute Gasteiger partial charge is 0.290 e. The van der Waals surface area contributed by atoms with Gasteiger partial charge in [0.05, 0.1) is 7.11 Å². The lowest BCUT2D eigenvalue weighted by Gasteiger charge is -2.11. The molecule has 0 radical (unpaired) electrons. The van der Waals surface area contributed by atoms with Crippen molar-refractivity contribution in [1.82, 2.24) is 5.32 Å². The summed E-state index contributed by atoms with van der Waals surface area (Å²) in [6.45, 7) is 6.75. The molecule has 0 aliphatic rings. The van der Waals surface area contributed by atoms with Gasteiger partial charge in [-0.3, -0.25) is 4.79 Å². The Morgan fingerprint density at radius 3 is 2.69 bits per heavy atom. The summed E-state index contributed by atoms with van der Waals surface area (Å²) in [5.41, 5.74) is 3.29. The van der Waals surface area contributed by atoms with Gasteiger partial charge >= 0.3 is 0 Å². The number of carbonyl (C=O) groups excluding carboxylic acids is 1. The molecule has 3 aromatic rings. The van der Waals surface area contributed by atoms with Crippen LogP contribution in [-0.4, -0.2) is 19.6 Å². The van der Waals surface area contributed by atoms with E-state index >= 15 is 0 Å². The van der Waals surface area contributed by atoms with Crippen LogP contribution in [0.2, 0.25) is 0 Å². The van der Waals surface area contributed by atoms with E-state index in [0.717, 1.165) is 22.6 Å². The molecule has 1 amide bonds. The Kier molecular flexibility index (Phi) is 6.60. The van der Waals surface area contributed by atoms with Crippen LogP contribution < -0.4 is 14.8 Å². The molecule has 0 spiro atoms. The zero-order valence-electron chi connectivity index (χ0n) is 17.3. The fraction of sp³-hybridized carbons (Fsp3) is 0.292. The van der Waals surface area contributed by atoms with E-state index in [-0.39, 0.29) is 11.7 Å². The lowest BCUT2D eigenvalue weighted by Crippen LogP contribution is -2.25. The fourth-order valence-electron chi connectivity index (χ4n) is 2.93. The van der Waals surface area contributed by atoms with Crippen LogP contribution in [0.15, 0.2) is 59.0 Å². The van der Waals surface area contributed by atoms with Crippen molar-refractivity contribution in [2.24, 2.45) is 0 Å². The van der Waals surface area contributed by atoms with Crippen molar-refractivity contribution >= 4 is 5.91 Å². The third-order valence-electron chi connectivity index (χ3n) is 4.73. The summed E-state index contributed by atoms with van der Waals surface area (Å²) >= 11 is 0. The summed E-state index contributed by atoms with van der Waals surface area (Å²) < 4.78 is 16.7. The second-order valence-corrected chi connectivity index (χ2v) is 7.26. The highest BCUT2D eigenvalue weighted by molar-refractivity contribution is 5.91. The van der Waals surface area contributed by atoms with Crippen LogP contribution in [0.1, 0.15) is 47.0 Å². The lowest BCUT2D eigenvalue weighted by molar-refractivity contribution is 0.0921. The van der Waals surface area contributed by atoms with E-state index in [2.05, 4.69) is 25.2 Å². The van der Waals surface area contributed by atoms with Gasteiger partial charge in [-0.15, -0.1) is 0 Å². The number of carbonyl (C=O) groups is 1. The molecule has 0 atom stereocenters. The minimum atomic E-state index is -0.268. The van der Waals surface area contributed by atoms with E-state index in [1.54, 1.807) is 19.2 Å². The van der Waals surface area contributed by atoms with Crippen molar-refractivity contribution in [1.29, 1.82) is 0 Å². The number of rotatable bonds is 8. The summed E-state index contributed by atoms with van der Waals surface area (Å²) in [6, 6.07) is 17.2. The highest BCUT2D eigenvalue weighted by atomic mass is 16.6. The van der Waals surface area contributed by atoms with Gasteiger partial charge in [-0.25, -0.2) is 0 Å². The molecule has 1 heterocycles. The fourth-order valence-corrected chi connectivity index (χ4v) is 2.93. The minimum absolute atomic E-state index is 0.225. The number of benzene rings is 2. The predicted octanol–water partition coefficient (Wildman–Crippen LogP) is 5.48. The highest BCUT2D eigenvalue weighted by Crippen LogP contribution is 2.29. The molecule has 0 fully saturated rings. The van der Waals surface area contributed by atoms with Crippen LogP contribution >= 0.6 is 0 Å². The predicted molar refractivity (Wildman–Crippen MR) is 113 cm³/mol. The second-order valence-electron chi connectivity index (χ2n) is 7.26. The molecule has 0 saturated carbocycles. The van der Waals surface area contributed by atoms with Crippen LogP contribution in [0, 0.1) is 6.92 Å². The highest BCUT2D eigenvalue weighted by Gasteiger charge is 2.13. The Bertz CT molecular complexity index is 975. The third kappa shape index (κ3) is 5.41. The first kappa shape index (κ1) is 20.5. The molecule has 0 aliphatic heterocycles. The zero-order valence-corrected chi connectivity index (χ0v) is 17.3. The monoisotopic (exact) mass is 393 g/mol. The summed E-state index contributed by atoms with van der Waals surface area (Å²) in [5.74, 6) is 2.19. The lowest BCUT2D eigenvalue weighted by atomic mass is 10.0. The molecule has 0 saturated heterocycles. The van der Waals surface area contributed by atoms with Gasteiger partial charge in [0, 0.05) is 12.6 Å². The van der Waals surface area contributed by atoms with Crippen molar-refractivity contribution in [3.8, 4) is 17.4 Å². The number of hydrogen-bond donors (Lipinski definition) is 1. The maximum atomic E-state index is 12.3. The van der Waals surface area contributed by atoms with Gasteiger partial charge in [0.25, 0.3) is 11.9 Å². The molecule has 0 bridgehead atoms. The standard InChI is InChI=1S/C24H27NO4/c1-16(2)19-9-8-17(3)22(15-19)29-23-11-10-21(28-23)24(26)25-13-12-18-6-5-7-20(14-18)27-4/h5-11,14-16H,12-13H2,1-4H3,(H,25,26). The van der Waals surface area contributed by atoms with E-state index in [9.17, 15) is 4.79 Å². The Morgan fingerprint density at radius 1 is 1.10 bits per heavy atom. The van der Waals surface area contributed by atoms with Crippen LogP contribution in [0.4, 0.5) is 0 Å². The van der Waals surface area contributed by atoms with Crippen molar-refractivity contribution < 1.29 is 18.7 Å². The number of aryl methyl sites for hydroxylation is 1. The summed E-state index contributed by atoms with van der Waals surface area (Å²) in [7, 11) is 1.64. The van der Waals surface area contributed by atoms with E-state index < -0.39 is 0 Å². The number of amides is 1. The first-order chi connectivity index (χ1) is 14.0. The largest absolute Gasteiger partial charge is 0.497 e. The molecule has 152 valence electrons. The molecule has 5 heteroatoms. The average Bonchev–Trinajstić information content (AvgIpc) is 3.18. The SMILES string of the molecule is COc1cccc(CCNC(=O)c2ccc(Oc3cc(C(C)C)ccc3C)o2)c1. The Morgan fingerprint density at radius 2 is 1.93 bits per heavy atom. The van der Waals surface area contributed by atoms with E-state index in [1.807, 2.05) is 43.3 Å². The molecule has 1 aromatic heterocycles. The van der Waals surface area contributed by atoms with Gasteiger partial charge in [-0.2, -0.15) is 0 Å². The first-order valence-corrected chi connectivity index (χ1v) is 9.75. The van der Waals surface area contributed by atoms with Crippen LogP contribution in [0.5, 0.6) is 17.4 Å². The summed E-state index contributed by atoms with van der Waals surface area (Å²) in [5, 5.41) is 2.87. The van der Waals surface area contributed by atoms with E-state index in [1.165, 1.54) is 5.56 Å². The van der Waals surface area contributed by atoms with Crippen LogP contribution in [-0.2, 0) is 6.42 Å². The van der Waals surface area contributed by atoms with Gasteiger partial charge in [-0.05, 0) is 60.2 Å². The first-order valence-electron chi connectivity index (χ1n) is 9.75. The zero-order chi connectivity index (χ0) is 20.8. The normalized spacial score (nSPS) is 10.8. The molecule has 0 aliphatic carbocycles. The molecular formula is C24H27NO4. The molecule has 1 N–H and O–H groups in total. The average molecular weight is 393 g/mol. The van der Waals surface area contributed by atoms with Gasteiger partial charge in [0.2, 0.25) is 0 Å². The van der Waals surface area contributed by atoms with Gasteiger partial charge in [-0.1, -0.05) is 38.1 Å². The number of nitrogens with one attached hydrogen (secondary N) is 1. The number of ether oxygens (including phenoxy) is 2. The van der Waals surface area contributed by atoms with E-state index in [4.69, 9.17) is 13.9 Å². The minimum Gasteiger partial charge on any atom is -0.497 e. The van der Waals surface area contributed by atoms with Crippen molar-refractivity contribution in [2.45, 2.75) is 33.1 Å². The number of furan rings is 1. The maximum Gasteiger partial charge on any atom is 0.290 e. The van der Waals surface area contributed by atoms with Crippen molar-refractivity contribution in [3.63, 3.8) is 0 Å². The van der Waals surface area contributed by atoms with Crippen LogP contribution in [0.3, 0.4) is 0 Å². The molecule has 0 unspecified atom stereocenters. The van der Waals surface area contributed by atoms with Crippen molar-refractivity contribution in [3.05, 3.63) is 77.0 Å². The molecule has 29 heavy (non-hydrogen) atoms. The Hall–Kier alpha value is -3.21. The topological polar surface area (TPSA) is 60.7 Å². The van der Waals surface area contributed by atoms with Gasteiger partial charge in [0.15, 0.2) is 5.76 Å².